The van der Waals surface area contributed by atoms with Crippen molar-refractivity contribution < 1.29 is 9.21 Å². The van der Waals surface area contributed by atoms with Gasteiger partial charge in [0.15, 0.2) is 5.76 Å². The molecule has 3 rings (SSSR count). The van der Waals surface area contributed by atoms with Gasteiger partial charge in [-0.05, 0) is 45.0 Å². The molecule has 4 nitrogen and oxygen atoms in total. The molecule has 0 aliphatic heterocycles. The summed E-state index contributed by atoms with van der Waals surface area (Å²) in [5.41, 5.74) is 1.73. The maximum Gasteiger partial charge on any atom is 0.252 e. The van der Waals surface area contributed by atoms with Gasteiger partial charge in [-0.15, -0.1) is 0 Å². The third-order valence-electron chi connectivity index (χ3n) is 3.22. The summed E-state index contributed by atoms with van der Waals surface area (Å²) in [6.45, 7) is 5.88. The molecule has 4 heteroatoms. The number of carbonyl (C=O) groups is 1. The maximum atomic E-state index is 12.6. The first-order chi connectivity index (χ1) is 10.4. The average molecular weight is 294 g/mol. The number of amides is 1. The van der Waals surface area contributed by atoms with Crippen LogP contribution in [0.5, 0.6) is 0 Å². The summed E-state index contributed by atoms with van der Waals surface area (Å²) < 4.78 is 5.41. The van der Waals surface area contributed by atoms with Crippen LogP contribution in [0, 0.1) is 0 Å². The Morgan fingerprint density at radius 1 is 1.14 bits per heavy atom. The van der Waals surface area contributed by atoms with E-state index in [9.17, 15) is 4.79 Å². The number of nitrogens with zero attached hydrogens (tertiary/aromatic N) is 1. The number of rotatable bonds is 2. The van der Waals surface area contributed by atoms with Gasteiger partial charge in [0.25, 0.3) is 5.91 Å². The molecule has 3 aromatic rings. The highest BCUT2D eigenvalue weighted by Crippen LogP contribution is 2.25. The van der Waals surface area contributed by atoms with E-state index in [0.29, 0.717) is 17.0 Å². The van der Waals surface area contributed by atoms with E-state index in [0.717, 1.165) is 10.9 Å². The molecule has 0 fully saturated rings. The minimum atomic E-state index is -0.299. The molecule has 1 N–H and O–H groups in total. The van der Waals surface area contributed by atoms with Crippen LogP contribution in [-0.4, -0.2) is 16.4 Å². The van der Waals surface area contributed by atoms with Crippen molar-refractivity contribution in [3.8, 4) is 11.5 Å². The predicted octanol–water partition coefficient (Wildman–Crippen LogP) is 4.02. The third kappa shape index (κ3) is 2.86. The van der Waals surface area contributed by atoms with Gasteiger partial charge in [0.2, 0.25) is 0 Å². The number of aromatic nitrogens is 1. The van der Waals surface area contributed by atoms with Gasteiger partial charge in [-0.2, -0.15) is 0 Å². The van der Waals surface area contributed by atoms with Crippen LogP contribution in [0.4, 0.5) is 0 Å². The topological polar surface area (TPSA) is 55.1 Å². The number of pyridine rings is 1. The van der Waals surface area contributed by atoms with Crippen molar-refractivity contribution in [2.24, 2.45) is 0 Å². The number of nitrogens with one attached hydrogen (secondary N) is 1. The lowest BCUT2D eigenvalue weighted by molar-refractivity contribution is 0.0921. The van der Waals surface area contributed by atoms with E-state index in [-0.39, 0.29) is 11.4 Å². The van der Waals surface area contributed by atoms with Gasteiger partial charge in [-0.1, -0.05) is 18.2 Å². The van der Waals surface area contributed by atoms with Gasteiger partial charge >= 0.3 is 0 Å². The third-order valence-corrected chi connectivity index (χ3v) is 3.22. The van der Waals surface area contributed by atoms with E-state index in [1.807, 2.05) is 51.1 Å². The van der Waals surface area contributed by atoms with E-state index in [4.69, 9.17) is 4.42 Å². The molecule has 0 bridgehead atoms. The van der Waals surface area contributed by atoms with Crippen molar-refractivity contribution in [3.05, 3.63) is 54.3 Å². The lowest BCUT2D eigenvalue weighted by atomic mass is 10.0. The van der Waals surface area contributed by atoms with Crippen LogP contribution in [0.1, 0.15) is 31.1 Å². The van der Waals surface area contributed by atoms with Crippen LogP contribution >= 0.6 is 0 Å². The van der Waals surface area contributed by atoms with Gasteiger partial charge in [0.1, 0.15) is 5.69 Å². The Bertz CT molecular complexity index is 815. The van der Waals surface area contributed by atoms with Crippen molar-refractivity contribution in [3.63, 3.8) is 0 Å². The summed E-state index contributed by atoms with van der Waals surface area (Å²) in [5.74, 6) is 0.537. The normalized spacial score (nSPS) is 11.6. The number of hydrogen-bond donors (Lipinski definition) is 1. The van der Waals surface area contributed by atoms with Gasteiger partial charge in [0.05, 0.1) is 17.3 Å². The van der Waals surface area contributed by atoms with Crippen molar-refractivity contribution in [2.45, 2.75) is 26.3 Å². The Labute approximate surface area is 129 Å². The molecule has 2 heterocycles. The molecule has 1 amide bonds. The lowest BCUT2D eigenvalue weighted by Crippen LogP contribution is -2.40. The number of carbonyl (C=O) groups excluding carboxylic acids is 1. The SMILES string of the molecule is CC(C)(C)NC(=O)c1cc(-c2ccco2)nc2ccccc12. The highest BCUT2D eigenvalue weighted by atomic mass is 16.3. The molecule has 0 radical (unpaired) electrons. The van der Waals surface area contributed by atoms with Gasteiger partial charge < -0.3 is 9.73 Å². The van der Waals surface area contributed by atoms with Crippen molar-refractivity contribution in [1.82, 2.24) is 10.3 Å². The molecule has 0 aliphatic rings. The van der Waals surface area contributed by atoms with Crippen molar-refractivity contribution in [2.75, 3.05) is 0 Å². The maximum absolute atomic E-state index is 12.6. The fourth-order valence-corrected chi connectivity index (χ4v) is 2.32. The molecule has 0 spiro atoms. The molecule has 22 heavy (non-hydrogen) atoms. The summed E-state index contributed by atoms with van der Waals surface area (Å²) in [4.78, 5) is 17.2. The van der Waals surface area contributed by atoms with E-state index >= 15 is 0 Å². The Balaban J connectivity index is 2.17. The Hall–Kier alpha value is -2.62. The second-order valence-electron chi connectivity index (χ2n) is 6.25. The van der Waals surface area contributed by atoms with Crippen molar-refractivity contribution >= 4 is 16.8 Å². The molecule has 0 atom stereocenters. The summed E-state index contributed by atoms with van der Waals surface area (Å²) in [6, 6.07) is 13.0. The quantitative estimate of drug-likeness (QED) is 0.776. The monoisotopic (exact) mass is 294 g/mol. The minimum Gasteiger partial charge on any atom is -0.463 e. The molecule has 2 aromatic heterocycles. The van der Waals surface area contributed by atoms with Gasteiger partial charge in [-0.25, -0.2) is 4.98 Å². The van der Waals surface area contributed by atoms with Crippen LogP contribution in [0.3, 0.4) is 0 Å². The molecule has 0 aliphatic carbocycles. The van der Waals surface area contributed by atoms with Gasteiger partial charge in [0, 0.05) is 10.9 Å². The van der Waals surface area contributed by atoms with Gasteiger partial charge in [-0.3, -0.25) is 4.79 Å². The average Bonchev–Trinajstić information content (AvgIpc) is 2.98. The number of furan rings is 1. The largest absolute Gasteiger partial charge is 0.463 e. The molecule has 112 valence electrons. The number of hydrogen-bond acceptors (Lipinski definition) is 3. The smallest absolute Gasteiger partial charge is 0.252 e. The predicted molar refractivity (Wildman–Crippen MR) is 86.7 cm³/mol. The second kappa shape index (κ2) is 5.30. The Morgan fingerprint density at radius 3 is 2.59 bits per heavy atom. The first-order valence-electron chi connectivity index (χ1n) is 7.20. The summed E-state index contributed by atoms with van der Waals surface area (Å²) in [6.07, 6.45) is 1.60. The van der Waals surface area contributed by atoms with E-state index in [1.54, 1.807) is 18.4 Å². The Kier molecular flexibility index (Phi) is 3.45. The van der Waals surface area contributed by atoms with E-state index < -0.39 is 0 Å². The van der Waals surface area contributed by atoms with Crippen LogP contribution in [0.25, 0.3) is 22.4 Å². The highest BCUT2D eigenvalue weighted by molar-refractivity contribution is 6.07. The molecule has 0 unspecified atom stereocenters. The minimum absolute atomic E-state index is 0.112. The van der Waals surface area contributed by atoms with Crippen LogP contribution in [0.15, 0.2) is 53.1 Å². The molecular weight excluding hydrogens is 276 g/mol. The summed E-state index contributed by atoms with van der Waals surface area (Å²) in [5, 5.41) is 3.84. The van der Waals surface area contributed by atoms with Crippen LogP contribution in [-0.2, 0) is 0 Å². The Morgan fingerprint density at radius 2 is 1.91 bits per heavy atom. The fourth-order valence-electron chi connectivity index (χ4n) is 2.32. The van der Waals surface area contributed by atoms with E-state index in [1.165, 1.54) is 0 Å². The van der Waals surface area contributed by atoms with E-state index in [2.05, 4.69) is 10.3 Å². The van der Waals surface area contributed by atoms with Crippen LogP contribution < -0.4 is 5.32 Å². The zero-order chi connectivity index (χ0) is 15.7. The first kappa shape index (κ1) is 14.3. The molecular formula is C18H18N2O2. The first-order valence-corrected chi connectivity index (χ1v) is 7.20. The fraction of sp³-hybridized carbons (Fsp3) is 0.222. The number of fused-ring (bicyclic) bond motifs is 1. The highest BCUT2D eigenvalue weighted by Gasteiger charge is 2.19. The van der Waals surface area contributed by atoms with Crippen molar-refractivity contribution in [1.29, 1.82) is 0 Å². The summed E-state index contributed by atoms with van der Waals surface area (Å²) in [7, 11) is 0. The lowest BCUT2D eigenvalue weighted by Gasteiger charge is -2.21. The molecule has 1 aromatic carbocycles. The van der Waals surface area contributed by atoms with Crippen LogP contribution in [0.2, 0.25) is 0 Å². The molecule has 0 saturated carbocycles. The zero-order valence-corrected chi connectivity index (χ0v) is 12.9. The number of para-hydroxylation sites is 1. The second-order valence-corrected chi connectivity index (χ2v) is 6.25. The summed E-state index contributed by atoms with van der Waals surface area (Å²) >= 11 is 0. The zero-order valence-electron chi connectivity index (χ0n) is 12.9. The number of benzene rings is 1. The standard InChI is InChI=1S/C18H18N2O2/c1-18(2,3)20-17(21)13-11-15(16-9-6-10-22-16)19-14-8-5-4-7-12(13)14/h4-11H,1-3H3,(H,20,21). The molecule has 0 saturated heterocycles.